The van der Waals surface area contributed by atoms with Crippen LogP contribution >= 0.6 is 0 Å². The summed E-state index contributed by atoms with van der Waals surface area (Å²) < 4.78 is 0. The Bertz CT molecular complexity index is 110. The fourth-order valence-corrected chi connectivity index (χ4v) is 1.77. The molecule has 0 bridgehead atoms. The third-order valence-corrected chi connectivity index (χ3v) is 2.17. The summed E-state index contributed by atoms with van der Waals surface area (Å²) in [5.41, 5.74) is 5.86. The van der Waals surface area contributed by atoms with Gasteiger partial charge in [0, 0.05) is 19.1 Å². The molecule has 1 aliphatic rings. The fraction of sp³-hybridized carbons (Fsp3) is 1.00. The second kappa shape index (κ2) is 4.07. The van der Waals surface area contributed by atoms with E-state index in [-0.39, 0.29) is 0 Å². The van der Waals surface area contributed by atoms with Gasteiger partial charge in [-0.15, -0.1) is 0 Å². The van der Waals surface area contributed by atoms with Gasteiger partial charge < -0.3 is 10.6 Å². The molecule has 2 nitrogen and oxygen atoms in total. The lowest BCUT2D eigenvalue weighted by Crippen LogP contribution is -2.44. The Morgan fingerprint density at radius 1 is 1.55 bits per heavy atom. The zero-order valence-electron chi connectivity index (χ0n) is 7.71. The summed E-state index contributed by atoms with van der Waals surface area (Å²) in [5.74, 6) is 0.778. The SMILES string of the molecule is CC(C)CN1CCC[C@H](N)C1. The van der Waals surface area contributed by atoms with Gasteiger partial charge in [0.05, 0.1) is 0 Å². The molecular weight excluding hydrogens is 136 g/mol. The van der Waals surface area contributed by atoms with Crippen molar-refractivity contribution in [1.82, 2.24) is 4.90 Å². The van der Waals surface area contributed by atoms with E-state index in [1.807, 2.05) is 0 Å². The highest BCUT2D eigenvalue weighted by atomic mass is 15.1. The summed E-state index contributed by atoms with van der Waals surface area (Å²) >= 11 is 0. The van der Waals surface area contributed by atoms with E-state index >= 15 is 0 Å². The largest absolute Gasteiger partial charge is 0.327 e. The fourth-order valence-electron chi connectivity index (χ4n) is 1.77. The van der Waals surface area contributed by atoms with Gasteiger partial charge in [0.25, 0.3) is 0 Å². The maximum atomic E-state index is 5.86. The van der Waals surface area contributed by atoms with Crippen molar-refractivity contribution in [3.8, 4) is 0 Å². The molecule has 0 aliphatic carbocycles. The van der Waals surface area contributed by atoms with E-state index in [2.05, 4.69) is 18.7 Å². The molecule has 0 aromatic heterocycles. The van der Waals surface area contributed by atoms with Crippen molar-refractivity contribution in [2.24, 2.45) is 11.7 Å². The molecular formula is C9H20N2. The molecule has 1 saturated heterocycles. The molecule has 0 radical (unpaired) electrons. The topological polar surface area (TPSA) is 29.3 Å². The van der Waals surface area contributed by atoms with E-state index in [1.165, 1.54) is 25.9 Å². The first kappa shape index (κ1) is 9.01. The lowest BCUT2D eigenvalue weighted by Gasteiger charge is -2.31. The minimum absolute atomic E-state index is 0.433. The summed E-state index contributed by atoms with van der Waals surface area (Å²) in [6.07, 6.45) is 2.50. The van der Waals surface area contributed by atoms with Crippen LogP contribution in [0.1, 0.15) is 26.7 Å². The van der Waals surface area contributed by atoms with Crippen LogP contribution in [0.4, 0.5) is 0 Å². The normalized spacial score (nSPS) is 27.8. The first-order chi connectivity index (χ1) is 5.18. The summed E-state index contributed by atoms with van der Waals surface area (Å²) in [6.45, 7) is 8.11. The van der Waals surface area contributed by atoms with Gasteiger partial charge in [-0.05, 0) is 25.3 Å². The minimum Gasteiger partial charge on any atom is -0.327 e. The average Bonchev–Trinajstić information content (AvgIpc) is 1.85. The monoisotopic (exact) mass is 156 g/mol. The second-order valence-corrected chi connectivity index (χ2v) is 4.06. The minimum atomic E-state index is 0.433. The van der Waals surface area contributed by atoms with Gasteiger partial charge in [-0.1, -0.05) is 13.8 Å². The van der Waals surface area contributed by atoms with Crippen molar-refractivity contribution in [1.29, 1.82) is 0 Å². The predicted molar refractivity (Wildman–Crippen MR) is 48.5 cm³/mol. The molecule has 0 spiro atoms. The van der Waals surface area contributed by atoms with Gasteiger partial charge in [-0.25, -0.2) is 0 Å². The molecule has 2 N–H and O–H groups in total. The van der Waals surface area contributed by atoms with Gasteiger partial charge in [0.2, 0.25) is 0 Å². The molecule has 11 heavy (non-hydrogen) atoms. The van der Waals surface area contributed by atoms with Crippen LogP contribution in [-0.2, 0) is 0 Å². The Morgan fingerprint density at radius 3 is 2.82 bits per heavy atom. The maximum Gasteiger partial charge on any atom is 0.0168 e. The van der Waals surface area contributed by atoms with Crippen LogP contribution in [0.25, 0.3) is 0 Å². The van der Waals surface area contributed by atoms with Crippen LogP contribution in [0.3, 0.4) is 0 Å². The van der Waals surface area contributed by atoms with Crippen LogP contribution in [0, 0.1) is 5.92 Å². The Labute approximate surface area is 69.8 Å². The van der Waals surface area contributed by atoms with E-state index in [0.717, 1.165) is 12.5 Å². The standard InChI is InChI=1S/C9H20N2/c1-8(2)6-11-5-3-4-9(10)7-11/h8-9H,3-7,10H2,1-2H3/t9-/m0/s1. The van der Waals surface area contributed by atoms with E-state index < -0.39 is 0 Å². The summed E-state index contributed by atoms with van der Waals surface area (Å²) in [6, 6.07) is 0.433. The molecule has 1 fully saturated rings. The summed E-state index contributed by atoms with van der Waals surface area (Å²) in [4.78, 5) is 2.48. The first-order valence-electron chi connectivity index (χ1n) is 4.66. The molecule has 0 aromatic rings. The second-order valence-electron chi connectivity index (χ2n) is 4.06. The number of nitrogens with two attached hydrogens (primary N) is 1. The molecule has 0 aromatic carbocycles. The van der Waals surface area contributed by atoms with Crippen molar-refractivity contribution < 1.29 is 0 Å². The maximum absolute atomic E-state index is 5.86. The predicted octanol–water partition coefficient (Wildman–Crippen LogP) is 1.07. The Kier molecular flexibility index (Phi) is 3.34. The van der Waals surface area contributed by atoms with Crippen LogP contribution in [0.2, 0.25) is 0 Å². The van der Waals surface area contributed by atoms with Crippen LogP contribution in [-0.4, -0.2) is 30.6 Å². The van der Waals surface area contributed by atoms with Crippen molar-refractivity contribution in [3.63, 3.8) is 0 Å². The molecule has 1 atom stereocenters. The molecule has 2 heteroatoms. The number of rotatable bonds is 2. The van der Waals surface area contributed by atoms with Crippen LogP contribution in [0.15, 0.2) is 0 Å². The number of nitrogens with zero attached hydrogens (tertiary/aromatic N) is 1. The number of hydrogen-bond donors (Lipinski definition) is 1. The van der Waals surface area contributed by atoms with Crippen molar-refractivity contribution in [2.45, 2.75) is 32.7 Å². The average molecular weight is 156 g/mol. The molecule has 0 unspecified atom stereocenters. The van der Waals surface area contributed by atoms with E-state index in [9.17, 15) is 0 Å². The van der Waals surface area contributed by atoms with Crippen molar-refractivity contribution >= 4 is 0 Å². The summed E-state index contributed by atoms with van der Waals surface area (Å²) in [7, 11) is 0. The van der Waals surface area contributed by atoms with E-state index in [1.54, 1.807) is 0 Å². The Hall–Kier alpha value is -0.0800. The van der Waals surface area contributed by atoms with Crippen LogP contribution < -0.4 is 5.73 Å². The lowest BCUT2D eigenvalue weighted by atomic mass is 10.1. The van der Waals surface area contributed by atoms with Crippen molar-refractivity contribution in [2.75, 3.05) is 19.6 Å². The zero-order valence-corrected chi connectivity index (χ0v) is 7.71. The Morgan fingerprint density at radius 2 is 2.27 bits per heavy atom. The number of piperidine rings is 1. The third kappa shape index (κ3) is 3.21. The van der Waals surface area contributed by atoms with Crippen molar-refractivity contribution in [3.05, 3.63) is 0 Å². The highest BCUT2D eigenvalue weighted by Gasteiger charge is 2.16. The Balaban J connectivity index is 2.23. The third-order valence-electron chi connectivity index (χ3n) is 2.17. The van der Waals surface area contributed by atoms with Gasteiger partial charge in [0.1, 0.15) is 0 Å². The highest BCUT2D eigenvalue weighted by molar-refractivity contribution is 4.75. The molecule has 66 valence electrons. The van der Waals surface area contributed by atoms with Gasteiger partial charge in [-0.2, -0.15) is 0 Å². The first-order valence-corrected chi connectivity index (χ1v) is 4.66. The van der Waals surface area contributed by atoms with E-state index in [4.69, 9.17) is 5.73 Å². The molecule has 1 rings (SSSR count). The molecule has 1 heterocycles. The van der Waals surface area contributed by atoms with Crippen LogP contribution in [0.5, 0.6) is 0 Å². The zero-order chi connectivity index (χ0) is 8.27. The molecule has 1 aliphatic heterocycles. The van der Waals surface area contributed by atoms with Gasteiger partial charge >= 0.3 is 0 Å². The smallest absolute Gasteiger partial charge is 0.0168 e. The quantitative estimate of drug-likeness (QED) is 0.648. The highest BCUT2D eigenvalue weighted by Crippen LogP contribution is 2.09. The number of likely N-dealkylation sites (tertiary alicyclic amines) is 1. The number of hydrogen-bond acceptors (Lipinski definition) is 2. The van der Waals surface area contributed by atoms with E-state index in [0.29, 0.717) is 6.04 Å². The van der Waals surface area contributed by atoms with Gasteiger partial charge in [0.15, 0.2) is 0 Å². The summed E-state index contributed by atoms with van der Waals surface area (Å²) in [5, 5.41) is 0. The van der Waals surface area contributed by atoms with Gasteiger partial charge in [-0.3, -0.25) is 0 Å². The molecule has 0 amide bonds. The lowest BCUT2D eigenvalue weighted by molar-refractivity contribution is 0.189. The molecule has 0 saturated carbocycles.